The van der Waals surface area contributed by atoms with Crippen molar-refractivity contribution in [2.24, 2.45) is 17.6 Å². The van der Waals surface area contributed by atoms with Crippen LogP contribution < -0.4 is 5.73 Å². The van der Waals surface area contributed by atoms with Crippen molar-refractivity contribution < 1.29 is 14.0 Å². The number of amides is 1. The average Bonchev–Trinajstić information content (AvgIpc) is 3.12. The number of carbonyl (C=O) groups excluding carboxylic acids is 2. The molecule has 0 radical (unpaired) electrons. The molecule has 1 aliphatic rings. The third kappa shape index (κ3) is 4.42. The average molecular weight is 368 g/mol. The topological polar surface area (TPSA) is 63.4 Å². The van der Waals surface area contributed by atoms with Crippen LogP contribution in [0.1, 0.15) is 35.2 Å². The molecule has 1 amide bonds. The van der Waals surface area contributed by atoms with E-state index in [4.69, 9.17) is 5.73 Å². The molecule has 1 aliphatic heterocycles. The number of likely N-dealkylation sites (tertiary alicyclic amines) is 1. The molecule has 3 rings (SSSR count). The van der Waals surface area contributed by atoms with Crippen molar-refractivity contribution in [3.63, 3.8) is 0 Å². The molecule has 0 aliphatic carbocycles. The zero-order valence-electron chi connectivity index (χ0n) is 15.5. The fourth-order valence-electron chi connectivity index (χ4n) is 3.80. The van der Waals surface area contributed by atoms with E-state index in [1.807, 2.05) is 23.1 Å². The van der Waals surface area contributed by atoms with Crippen molar-refractivity contribution in [3.05, 3.63) is 71.5 Å². The minimum absolute atomic E-state index is 0.0517. The van der Waals surface area contributed by atoms with Gasteiger partial charge in [0, 0.05) is 36.9 Å². The fraction of sp³-hybridized carbons (Fsp3) is 0.364. The van der Waals surface area contributed by atoms with Crippen LogP contribution in [0, 0.1) is 17.7 Å². The first-order valence-corrected chi connectivity index (χ1v) is 9.32. The van der Waals surface area contributed by atoms with Crippen molar-refractivity contribution in [3.8, 4) is 0 Å². The summed E-state index contributed by atoms with van der Waals surface area (Å²) in [6, 6.07) is 15.7. The zero-order chi connectivity index (χ0) is 19.4. The SMILES string of the molecule is CC(CC(=O)N1C[C@@H](CN)[C@H](c2ccccc2)C1)C(=O)c1cccc(F)c1. The summed E-state index contributed by atoms with van der Waals surface area (Å²) in [5.41, 5.74) is 7.43. The highest BCUT2D eigenvalue weighted by Gasteiger charge is 2.35. The highest BCUT2D eigenvalue weighted by molar-refractivity contribution is 5.99. The summed E-state index contributed by atoms with van der Waals surface area (Å²) in [7, 11) is 0. The molecule has 1 unspecified atom stereocenters. The molecule has 1 heterocycles. The highest BCUT2D eigenvalue weighted by Crippen LogP contribution is 2.32. The predicted octanol–water partition coefficient (Wildman–Crippen LogP) is 3.24. The number of nitrogens with zero attached hydrogens (tertiary/aromatic N) is 1. The van der Waals surface area contributed by atoms with E-state index in [-0.39, 0.29) is 29.9 Å². The molecule has 0 bridgehead atoms. The van der Waals surface area contributed by atoms with E-state index in [1.165, 1.54) is 23.8 Å². The Morgan fingerprint density at radius 3 is 2.56 bits per heavy atom. The molecule has 0 spiro atoms. The normalized spacial score (nSPS) is 20.5. The number of hydrogen-bond donors (Lipinski definition) is 1. The summed E-state index contributed by atoms with van der Waals surface area (Å²) < 4.78 is 13.3. The van der Waals surface area contributed by atoms with Crippen molar-refractivity contribution in [1.29, 1.82) is 0 Å². The van der Waals surface area contributed by atoms with E-state index in [9.17, 15) is 14.0 Å². The molecular weight excluding hydrogens is 343 g/mol. The Hall–Kier alpha value is -2.53. The minimum Gasteiger partial charge on any atom is -0.342 e. The van der Waals surface area contributed by atoms with Gasteiger partial charge in [0.25, 0.3) is 0 Å². The second-order valence-electron chi connectivity index (χ2n) is 7.29. The lowest BCUT2D eigenvalue weighted by Crippen LogP contribution is -2.32. The monoisotopic (exact) mass is 368 g/mol. The number of Topliss-reactive ketones (excluding diaryl/α,β-unsaturated/α-hetero) is 1. The van der Waals surface area contributed by atoms with Crippen molar-refractivity contribution in [2.75, 3.05) is 19.6 Å². The van der Waals surface area contributed by atoms with Gasteiger partial charge < -0.3 is 10.6 Å². The second kappa shape index (κ2) is 8.44. The number of halogens is 1. The fourth-order valence-corrected chi connectivity index (χ4v) is 3.80. The van der Waals surface area contributed by atoms with Crippen LogP contribution in [-0.2, 0) is 4.79 Å². The Morgan fingerprint density at radius 1 is 1.15 bits per heavy atom. The van der Waals surface area contributed by atoms with Gasteiger partial charge in [-0.25, -0.2) is 4.39 Å². The molecule has 142 valence electrons. The van der Waals surface area contributed by atoms with Crippen LogP contribution in [0.25, 0.3) is 0 Å². The summed E-state index contributed by atoms with van der Waals surface area (Å²) in [5, 5.41) is 0. The third-order valence-electron chi connectivity index (χ3n) is 5.36. The van der Waals surface area contributed by atoms with Gasteiger partial charge in [-0.15, -0.1) is 0 Å². The van der Waals surface area contributed by atoms with Gasteiger partial charge in [0.15, 0.2) is 5.78 Å². The second-order valence-corrected chi connectivity index (χ2v) is 7.29. The number of benzene rings is 2. The van der Waals surface area contributed by atoms with Crippen molar-refractivity contribution in [2.45, 2.75) is 19.3 Å². The van der Waals surface area contributed by atoms with Gasteiger partial charge >= 0.3 is 0 Å². The Bertz CT molecular complexity index is 809. The van der Waals surface area contributed by atoms with Crippen LogP contribution in [0.15, 0.2) is 54.6 Å². The molecule has 2 aromatic rings. The Morgan fingerprint density at radius 2 is 1.89 bits per heavy atom. The van der Waals surface area contributed by atoms with Crippen LogP contribution in [0.3, 0.4) is 0 Å². The van der Waals surface area contributed by atoms with Crippen LogP contribution in [0.4, 0.5) is 4.39 Å². The van der Waals surface area contributed by atoms with Gasteiger partial charge in [-0.1, -0.05) is 49.4 Å². The first kappa shape index (κ1) is 19.2. The van der Waals surface area contributed by atoms with Gasteiger partial charge in [0.1, 0.15) is 5.82 Å². The molecule has 5 heteroatoms. The van der Waals surface area contributed by atoms with Crippen LogP contribution >= 0.6 is 0 Å². The number of ketones is 1. The van der Waals surface area contributed by atoms with E-state index < -0.39 is 11.7 Å². The van der Waals surface area contributed by atoms with Crippen LogP contribution in [0.5, 0.6) is 0 Å². The van der Waals surface area contributed by atoms with Crippen LogP contribution in [0.2, 0.25) is 0 Å². The van der Waals surface area contributed by atoms with Crippen molar-refractivity contribution in [1.82, 2.24) is 4.90 Å². The molecular formula is C22H25FN2O2. The van der Waals surface area contributed by atoms with E-state index in [0.29, 0.717) is 25.2 Å². The maximum Gasteiger partial charge on any atom is 0.223 e. The number of nitrogens with two attached hydrogens (primary N) is 1. The zero-order valence-corrected chi connectivity index (χ0v) is 15.5. The molecule has 1 saturated heterocycles. The summed E-state index contributed by atoms with van der Waals surface area (Å²) in [6.07, 6.45) is 0.119. The molecule has 0 aromatic heterocycles. The summed E-state index contributed by atoms with van der Waals surface area (Å²) in [4.78, 5) is 27.1. The summed E-state index contributed by atoms with van der Waals surface area (Å²) in [5.74, 6) is -0.775. The lowest BCUT2D eigenvalue weighted by atomic mass is 9.89. The van der Waals surface area contributed by atoms with E-state index >= 15 is 0 Å². The largest absolute Gasteiger partial charge is 0.342 e. The molecule has 3 atom stereocenters. The number of hydrogen-bond acceptors (Lipinski definition) is 3. The van der Waals surface area contributed by atoms with Gasteiger partial charge in [-0.2, -0.15) is 0 Å². The minimum atomic E-state index is -0.494. The molecule has 4 nitrogen and oxygen atoms in total. The molecule has 2 N–H and O–H groups in total. The Kier molecular flexibility index (Phi) is 6.01. The van der Waals surface area contributed by atoms with E-state index in [0.717, 1.165) is 0 Å². The lowest BCUT2D eigenvalue weighted by Gasteiger charge is -2.19. The molecule has 27 heavy (non-hydrogen) atoms. The number of rotatable bonds is 6. The third-order valence-corrected chi connectivity index (χ3v) is 5.36. The summed E-state index contributed by atoms with van der Waals surface area (Å²) in [6.45, 7) is 3.46. The smallest absolute Gasteiger partial charge is 0.223 e. The Labute approximate surface area is 159 Å². The van der Waals surface area contributed by atoms with Gasteiger partial charge in [-0.05, 0) is 30.2 Å². The van der Waals surface area contributed by atoms with Crippen LogP contribution in [-0.4, -0.2) is 36.2 Å². The van der Waals surface area contributed by atoms with E-state index in [1.54, 1.807) is 13.0 Å². The van der Waals surface area contributed by atoms with Crippen molar-refractivity contribution >= 4 is 11.7 Å². The van der Waals surface area contributed by atoms with E-state index in [2.05, 4.69) is 12.1 Å². The van der Waals surface area contributed by atoms with Gasteiger partial charge in [0.05, 0.1) is 0 Å². The first-order chi connectivity index (χ1) is 13.0. The first-order valence-electron chi connectivity index (χ1n) is 9.32. The molecule has 0 saturated carbocycles. The standard InChI is InChI=1S/C22H25FN2O2/c1-15(22(27)17-8-5-9-19(23)11-17)10-21(26)25-13-18(12-24)20(14-25)16-6-3-2-4-7-16/h2-9,11,15,18,20H,10,12-14,24H2,1H3/t15?,18-,20+/m1/s1. The van der Waals surface area contributed by atoms with Gasteiger partial charge in [0.2, 0.25) is 5.91 Å². The lowest BCUT2D eigenvalue weighted by molar-refractivity contribution is -0.130. The maximum atomic E-state index is 13.3. The Balaban J connectivity index is 1.65. The maximum absolute atomic E-state index is 13.3. The highest BCUT2D eigenvalue weighted by atomic mass is 19.1. The molecule has 1 fully saturated rings. The molecule has 2 aromatic carbocycles. The number of carbonyl (C=O) groups is 2. The quantitative estimate of drug-likeness (QED) is 0.796. The summed E-state index contributed by atoms with van der Waals surface area (Å²) >= 11 is 0. The van der Waals surface area contributed by atoms with Gasteiger partial charge in [-0.3, -0.25) is 9.59 Å². The predicted molar refractivity (Wildman–Crippen MR) is 103 cm³/mol.